The van der Waals surface area contributed by atoms with E-state index in [9.17, 15) is 4.79 Å². The molecule has 0 aromatic carbocycles. The number of carbonyl (C=O) groups is 1. The highest BCUT2D eigenvalue weighted by molar-refractivity contribution is 6.29. The smallest absolute Gasteiger partial charge is 0.359 e. The molecule has 1 atom stereocenters. The molecule has 0 amide bonds. The molecular weight excluding hydrogens is 324 g/mol. The van der Waals surface area contributed by atoms with Gasteiger partial charge in [0, 0.05) is 0 Å². The van der Waals surface area contributed by atoms with Crippen molar-refractivity contribution in [1.82, 2.24) is 9.97 Å². The molecule has 0 radical (unpaired) electrons. The molecule has 0 saturated heterocycles. The summed E-state index contributed by atoms with van der Waals surface area (Å²) in [4.78, 5) is 20.3. The van der Waals surface area contributed by atoms with Crippen molar-refractivity contribution in [3.8, 4) is 0 Å². The first-order valence-electron chi connectivity index (χ1n) is 9.21. The SMILES string of the molecule is CCCCCCC[C@@](C)(CCCCC)OC(=O)c1cnc(Cl)cn1. The fraction of sp³-hybridized carbons (Fsp3) is 0.737. The molecule has 1 aromatic heterocycles. The van der Waals surface area contributed by atoms with E-state index in [1.54, 1.807) is 0 Å². The highest BCUT2D eigenvalue weighted by Crippen LogP contribution is 2.27. The molecule has 24 heavy (non-hydrogen) atoms. The van der Waals surface area contributed by atoms with Crippen LogP contribution >= 0.6 is 11.6 Å². The molecule has 0 aliphatic heterocycles. The number of hydrogen-bond donors (Lipinski definition) is 0. The Balaban J connectivity index is 2.61. The van der Waals surface area contributed by atoms with Crippen LogP contribution in [0.2, 0.25) is 5.15 Å². The summed E-state index contributed by atoms with van der Waals surface area (Å²) >= 11 is 5.72. The van der Waals surface area contributed by atoms with E-state index in [2.05, 4.69) is 23.8 Å². The third kappa shape index (κ3) is 8.09. The number of rotatable bonds is 12. The van der Waals surface area contributed by atoms with E-state index in [1.165, 1.54) is 38.1 Å². The zero-order valence-corrected chi connectivity index (χ0v) is 16.1. The zero-order valence-electron chi connectivity index (χ0n) is 15.3. The van der Waals surface area contributed by atoms with Gasteiger partial charge in [0.1, 0.15) is 10.8 Å². The van der Waals surface area contributed by atoms with Crippen molar-refractivity contribution in [3.63, 3.8) is 0 Å². The highest BCUT2D eigenvalue weighted by Gasteiger charge is 2.29. The average Bonchev–Trinajstić information content (AvgIpc) is 2.55. The molecule has 0 spiro atoms. The fourth-order valence-corrected chi connectivity index (χ4v) is 2.87. The van der Waals surface area contributed by atoms with Gasteiger partial charge in [0.2, 0.25) is 0 Å². The molecule has 0 aliphatic carbocycles. The van der Waals surface area contributed by atoms with Crippen LogP contribution in [0.25, 0.3) is 0 Å². The van der Waals surface area contributed by atoms with Gasteiger partial charge in [-0.05, 0) is 32.6 Å². The summed E-state index contributed by atoms with van der Waals surface area (Å²) in [5.41, 5.74) is -0.216. The monoisotopic (exact) mass is 354 g/mol. The molecule has 1 aromatic rings. The maximum Gasteiger partial charge on any atom is 0.359 e. The second-order valence-electron chi connectivity index (χ2n) is 6.69. The van der Waals surface area contributed by atoms with Gasteiger partial charge >= 0.3 is 5.97 Å². The van der Waals surface area contributed by atoms with Crippen molar-refractivity contribution in [2.75, 3.05) is 0 Å². The van der Waals surface area contributed by atoms with Gasteiger partial charge in [-0.25, -0.2) is 14.8 Å². The molecule has 5 heteroatoms. The molecule has 4 nitrogen and oxygen atoms in total. The lowest BCUT2D eigenvalue weighted by Gasteiger charge is -2.30. The van der Waals surface area contributed by atoms with E-state index in [0.29, 0.717) is 0 Å². The van der Waals surface area contributed by atoms with Gasteiger partial charge in [0.05, 0.1) is 12.4 Å². The predicted molar refractivity (Wildman–Crippen MR) is 98.4 cm³/mol. The Hall–Kier alpha value is -1.16. The lowest BCUT2D eigenvalue weighted by Crippen LogP contribution is -2.32. The Kier molecular flexibility index (Phi) is 9.92. The Morgan fingerprint density at radius 3 is 2.17 bits per heavy atom. The van der Waals surface area contributed by atoms with Gasteiger partial charge in [-0.1, -0.05) is 64.0 Å². The van der Waals surface area contributed by atoms with Gasteiger partial charge in [-0.3, -0.25) is 0 Å². The van der Waals surface area contributed by atoms with E-state index >= 15 is 0 Å². The predicted octanol–water partition coefficient (Wildman–Crippen LogP) is 5.99. The molecule has 0 N–H and O–H groups in total. The Labute approximate surface area is 151 Å². The van der Waals surface area contributed by atoms with Crippen molar-refractivity contribution in [2.45, 2.75) is 90.6 Å². The Morgan fingerprint density at radius 1 is 1.00 bits per heavy atom. The van der Waals surface area contributed by atoms with Crippen molar-refractivity contribution in [2.24, 2.45) is 0 Å². The molecule has 1 heterocycles. The number of halogens is 1. The van der Waals surface area contributed by atoms with Crippen molar-refractivity contribution in [1.29, 1.82) is 0 Å². The van der Waals surface area contributed by atoms with Crippen LogP contribution in [0.15, 0.2) is 12.4 Å². The molecule has 136 valence electrons. The van der Waals surface area contributed by atoms with E-state index < -0.39 is 11.6 Å². The van der Waals surface area contributed by atoms with E-state index in [0.717, 1.165) is 38.5 Å². The summed E-state index contributed by atoms with van der Waals surface area (Å²) in [6.07, 6.45) is 13.9. The lowest BCUT2D eigenvalue weighted by atomic mass is 9.91. The van der Waals surface area contributed by atoms with Gasteiger partial charge in [0.25, 0.3) is 0 Å². The largest absolute Gasteiger partial charge is 0.455 e. The Morgan fingerprint density at radius 2 is 1.58 bits per heavy atom. The highest BCUT2D eigenvalue weighted by atomic mass is 35.5. The molecular formula is C19H31ClN2O2. The van der Waals surface area contributed by atoms with Gasteiger partial charge < -0.3 is 4.74 Å². The van der Waals surface area contributed by atoms with Crippen molar-refractivity contribution in [3.05, 3.63) is 23.2 Å². The third-order valence-corrected chi connectivity index (χ3v) is 4.48. The second kappa shape index (κ2) is 11.4. The van der Waals surface area contributed by atoms with Gasteiger partial charge in [-0.15, -0.1) is 0 Å². The fourth-order valence-electron chi connectivity index (χ4n) is 2.77. The minimum absolute atomic E-state index is 0.215. The topological polar surface area (TPSA) is 52.1 Å². The van der Waals surface area contributed by atoms with Gasteiger partial charge in [-0.2, -0.15) is 0 Å². The number of ether oxygens (including phenoxy) is 1. The van der Waals surface area contributed by atoms with Crippen LogP contribution in [-0.4, -0.2) is 21.5 Å². The minimum Gasteiger partial charge on any atom is -0.455 e. The minimum atomic E-state index is -0.431. The maximum atomic E-state index is 12.4. The van der Waals surface area contributed by atoms with Crippen molar-refractivity contribution < 1.29 is 9.53 Å². The van der Waals surface area contributed by atoms with Crippen LogP contribution < -0.4 is 0 Å². The van der Waals surface area contributed by atoms with Gasteiger partial charge in [0.15, 0.2) is 5.69 Å². The molecule has 0 bridgehead atoms. The number of aromatic nitrogens is 2. The first-order chi connectivity index (χ1) is 11.5. The van der Waals surface area contributed by atoms with Crippen LogP contribution in [0.1, 0.15) is 95.5 Å². The van der Waals surface area contributed by atoms with Crippen molar-refractivity contribution >= 4 is 17.6 Å². The number of esters is 1. The second-order valence-corrected chi connectivity index (χ2v) is 7.07. The van der Waals surface area contributed by atoms with Crippen LogP contribution in [0.3, 0.4) is 0 Å². The van der Waals surface area contributed by atoms with E-state index in [4.69, 9.17) is 16.3 Å². The van der Waals surface area contributed by atoms with Crippen LogP contribution in [0.5, 0.6) is 0 Å². The van der Waals surface area contributed by atoms with Crippen LogP contribution in [-0.2, 0) is 4.74 Å². The first-order valence-corrected chi connectivity index (χ1v) is 9.59. The average molecular weight is 355 g/mol. The van der Waals surface area contributed by atoms with E-state index in [-0.39, 0.29) is 10.8 Å². The number of hydrogen-bond acceptors (Lipinski definition) is 4. The molecule has 0 unspecified atom stereocenters. The summed E-state index contributed by atoms with van der Waals surface area (Å²) < 4.78 is 5.83. The first kappa shape index (κ1) is 20.9. The number of nitrogens with zero attached hydrogens (tertiary/aromatic N) is 2. The number of carbonyl (C=O) groups excluding carboxylic acids is 1. The summed E-state index contributed by atoms with van der Waals surface area (Å²) in [5, 5.41) is 0.271. The molecule has 0 aliphatic rings. The standard InChI is InChI=1S/C19H31ClN2O2/c1-4-6-8-9-11-13-19(3,12-10-7-5-2)24-18(23)16-14-22-17(20)15-21-16/h14-15H,4-13H2,1-3H3/t19-/m1/s1. The van der Waals surface area contributed by atoms with E-state index in [1.807, 2.05) is 6.92 Å². The Bertz CT molecular complexity index is 479. The van der Waals surface area contributed by atoms with Crippen LogP contribution in [0.4, 0.5) is 0 Å². The summed E-state index contributed by atoms with van der Waals surface area (Å²) in [6.45, 7) is 6.44. The normalized spacial score (nSPS) is 13.5. The summed E-state index contributed by atoms with van der Waals surface area (Å²) in [7, 11) is 0. The molecule has 1 rings (SSSR count). The maximum absolute atomic E-state index is 12.4. The third-order valence-electron chi connectivity index (χ3n) is 4.29. The molecule has 0 fully saturated rings. The number of unbranched alkanes of at least 4 members (excludes halogenated alkanes) is 6. The lowest BCUT2D eigenvalue weighted by molar-refractivity contribution is -0.0205. The quantitative estimate of drug-likeness (QED) is 0.342. The molecule has 0 saturated carbocycles. The summed E-state index contributed by atoms with van der Waals surface area (Å²) in [5.74, 6) is -0.410. The zero-order chi connectivity index (χ0) is 17.8. The summed E-state index contributed by atoms with van der Waals surface area (Å²) in [6, 6.07) is 0. The van der Waals surface area contributed by atoms with Crippen LogP contribution in [0, 0.1) is 0 Å².